The van der Waals surface area contributed by atoms with Crippen LogP contribution in [-0.2, 0) is 31.6 Å². The smallest absolute Gasteiger partial charge is 1.00 e. The van der Waals surface area contributed by atoms with Crippen LogP contribution in [0.2, 0.25) is 13.1 Å². The molecule has 0 unspecified atom stereocenters. The fourth-order valence-corrected chi connectivity index (χ4v) is 3.56. The average molecular weight is 590 g/mol. The van der Waals surface area contributed by atoms with Crippen molar-refractivity contribution in [3.05, 3.63) is 95.6 Å². The Hall–Kier alpha value is -0.920. The zero-order valence-corrected chi connectivity index (χ0v) is 27.0. The minimum Gasteiger partial charge on any atom is -1.00 e. The van der Waals surface area contributed by atoms with Crippen LogP contribution < -0.4 is 24.8 Å². The van der Waals surface area contributed by atoms with Crippen LogP contribution in [0.15, 0.2) is 78.9 Å². The van der Waals surface area contributed by atoms with E-state index in [-0.39, 0.29) is 56.4 Å². The fraction of sp³-hybridized carbons (Fsp3) is 0.333. The van der Waals surface area contributed by atoms with Crippen LogP contribution in [0.4, 0.5) is 0 Å². The third-order valence-electron chi connectivity index (χ3n) is 5.31. The van der Waals surface area contributed by atoms with Gasteiger partial charge in [0, 0.05) is 9.52 Å². The van der Waals surface area contributed by atoms with E-state index in [1.54, 1.807) is 0 Å². The van der Waals surface area contributed by atoms with E-state index in [0.29, 0.717) is 5.92 Å². The van der Waals surface area contributed by atoms with Gasteiger partial charge in [-0.1, -0.05) is 96.4 Å². The minimum absolute atomic E-state index is 0. The molecule has 0 saturated carbocycles. The molecule has 4 heteroatoms. The molecule has 0 saturated heterocycles. The number of aryl methyl sites for hydroxylation is 1. The maximum absolute atomic E-state index is 2.28. The summed E-state index contributed by atoms with van der Waals surface area (Å²) in [5.74, 6) is 0.685. The standard InChI is InChI=1S/C20H21.C8H11.C2H7Si.2ClH.Zr/c1-14-12-16-6-5-7-18(19(16)13-14)15-8-10-17(11-9-15)20(2,3)4;1-7(2)8-5-3-4-6-8;1-3-2;;;/h5-13H,1-4H3;3-7H,1-2H3;3H,1-2H3;2*1H;/q2*-1;;;;+4/p-2. The van der Waals surface area contributed by atoms with Gasteiger partial charge in [-0.05, 0) is 16.5 Å². The summed E-state index contributed by atoms with van der Waals surface area (Å²) in [7, 11) is 0.750. The molecule has 0 spiro atoms. The molecule has 1 radical (unpaired) electrons. The van der Waals surface area contributed by atoms with Crippen LogP contribution >= 0.6 is 0 Å². The first-order valence-corrected chi connectivity index (χ1v) is 13.7. The third-order valence-corrected chi connectivity index (χ3v) is 5.31. The minimum atomic E-state index is 0. The molecule has 0 aromatic heterocycles. The number of halogens is 2. The molecular weight excluding hydrogens is 551 g/mol. The van der Waals surface area contributed by atoms with Gasteiger partial charge in [0.2, 0.25) is 0 Å². The first kappa shape index (κ1) is 35.2. The first-order valence-electron chi connectivity index (χ1n) is 11.4. The molecule has 181 valence electrons. The Balaban J connectivity index is 0. The Morgan fingerprint density at radius 3 is 1.91 bits per heavy atom. The van der Waals surface area contributed by atoms with Gasteiger partial charge in [0.25, 0.3) is 0 Å². The molecule has 4 aromatic carbocycles. The van der Waals surface area contributed by atoms with Gasteiger partial charge in [0.1, 0.15) is 0 Å². The van der Waals surface area contributed by atoms with Crippen LogP contribution in [0.25, 0.3) is 21.9 Å². The van der Waals surface area contributed by atoms with Crippen molar-refractivity contribution < 1.29 is 51.0 Å². The number of hydrogen-bond donors (Lipinski definition) is 0. The monoisotopic (exact) mass is 587 g/mol. The van der Waals surface area contributed by atoms with Crippen molar-refractivity contribution >= 4 is 20.3 Å². The van der Waals surface area contributed by atoms with E-state index < -0.39 is 0 Å². The molecule has 0 heterocycles. The molecule has 0 fully saturated rings. The quantitative estimate of drug-likeness (QED) is 0.249. The summed E-state index contributed by atoms with van der Waals surface area (Å²) in [6.07, 6.45) is 0. The molecule has 0 aliphatic carbocycles. The van der Waals surface area contributed by atoms with E-state index in [9.17, 15) is 0 Å². The first-order chi connectivity index (χ1) is 14.7. The summed E-state index contributed by atoms with van der Waals surface area (Å²) in [5, 5.41) is 2.69. The van der Waals surface area contributed by atoms with E-state index in [1.165, 1.54) is 38.6 Å². The second-order valence-electron chi connectivity index (χ2n) is 9.62. The van der Waals surface area contributed by atoms with Crippen LogP contribution in [-0.4, -0.2) is 9.52 Å². The molecule has 0 bridgehead atoms. The van der Waals surface area contributed by atoms with E-state index in [1.807, 2.05) is 0 Å². The maximum atomic E-state index is 2.28. The Bertz CT molecular complexity index is 1040. The second kappa shape index (κ2) is 16.7. The Kier molecular flexibility index (Phi) is 17.3. The van der Waals surface area contributed by atoms with Crippen LogP contribution in [0, 0.1) is 6.92 Å². The maximum Gasteiger partial charge on any atom is 4.00 e. The fourth-order valence-electron chi connectivity index (χ4n) is 3.56. The van der Waals surface area contributed by atoms with Crippen LogP contribution in [0.1, 0.15) is 57.2 Å². The van der Waals surface area contributed by atoms with Gasteiger partial charge in [0.05, 0.1) is 0 Å². The van der Waals surface area contributed by atoms with Crippen molar-refractivity contribution in [1.29, 1.82) is 0 Å². The van der Waals surface area contributed by atoms with Crippen molar-refractivity contribution in [2.45, 2.75) is 66.0 Å². The zero-order valence-electron chi connectivity index (χ0n) is 21.9. The molecule has 0 N–H and O–H groups in total. The molecule has 4 rings (SSSR count). The van der Waals surface area contributed by atoms with Gasteiger partial charge < -0.3 is 24.8 Å². The average Bonchev–Trinajstić information content (AvgIpc) is 3.37. The predicted octanol–water partition coefficient (Wildman–Crippen LogP) is 2.89. The van der Waals surface area contributed by atoms with Crippen LogP contribution in [0.3, 0.4) is 0 Å². The van der Waals surface area contributed by atoms with E-state index >= 15 is 0 Å². The Morgan fingerprint density at radius 2 is 1.47 bits per heavy atom. The third kappa shape index (κ3) is 10.4. The summed E-state index contributed by atoms with van der Waals surface area (Å²) in [4.78, 5) is 0. The SMILES string of the molecule is CC(C)c1cc[cH-]c1.C[SiH]C.Cc1cc2c(-c3ccc(C(C)(C)C)cc3)cccc2[cH-]1.[Cl-].[Cl-].[Zr+4]. The molecule has 34 heavy (non-hydrogen) atoms. The summed E-state index contributed by atoms with van der Waals surface area (Å²) in [6.45, 7) is 17.7. The zero-order chi connectivity index (χ0) is 23.0. The summed E-state index contributed by atoms with van der Waals surface area (Å²) >= 11 is 0. The van der Waals surface area contributed by atoms with Gasteiger partial charge in [-0.2, -0.15) is 29.8 Å². The van der Waals surface area contributed by atoms with Gasteiger partial charge in [-0.3, -0.25) is 0 Å². The Labute approximate surface area is 242 Å². The number of fused-ring (bicyclic) bond motifs is 1. The van der Waals surface area contributed by atoms with Crippen LogP contribution in [0.5, 0.6) is 0 Å². The summed E-state index contributed by atoms with van der Waals surface area (Å²) in [5.41, 5.74) is 6.99. The van der Waals surface area contributed by atoms with E-state index in [2.05, 4.69) is 133 Å². The predicted molar refractivity (Wildman–Crippen MR) is 143 cm³/mol. The molecule has 0 aliphatic heterocycles. The number of hydrogen-bond acceptors (Lipinski definition) is 0. The van der Waals surface area contributed by atoms with E-state index in [4.69, 9.17) is 0 Å². The van der Waals surface area contributed by atoms with Crippen molar-refractivity contribution in [1.82, 2.24) is 0 Å². The Morgan fingerprint density at radius 1 is 0.882 bits per heavy atom. The van der Waals surface area contributed by atoms with Gasteiger partial charge in [-0.25, -0.2) is 6.07 Å². The van der Waals surface area contributed by atoms with Gasteiger partial charge in [0.15, 0.2) is 0 Å². The van der Waals surface area contributed by atoms with Gasteiger partial charge >= 0.3 is 26.2 Å². The summed E-state index contributed by atoms with van der Waals surface area (Å²) < 4.78 is 0. The molecule has 0 atom stereocenters. The van der Waals surface area contributed by atoms with E-state index in [0.717, 1.165) is 9.52 Å². The molecule has 4 aromatic rings. The van der Waals surface area contributed by atoms with Crippen molar-refractivity contribution in [2.75, 3.05) is 0 Å². The normalized spacial score (nSPS) is 10.0. The van der Waals surface area contributed by atoms with Crippen molar-refractivity contribution in [3.63, 3.8) is 0 Å². The number of benzene rings is 2. The topological polar surface area (TPSA) is 0 Å². The molecular formula is C30H39Cl2SiZr. The second-order valence-corrected chi connectivity index (χ2v) is 10.8. The number of rotatable bonds is 2. The summed E-state index contributed by atoms with van der Waals surface area (Å²) in [6, 6.07) is 28.6. The molecule has 0 amide bonds. The van der Waals surface area contributed by atoms with Crippen molar-refractivity contribution in [3.8, 4) is 11.1 Å². The molecule has 0 nitrogen and oxygen atoms in total. The largest absolute Gasteiger partial charge is 4.00 e. The molecule has 0 aliphatic rings. The van der Waals surface area contributed by atoms with Crippen molar-refractivity contribution in [2.24, 2.45) is 0 Å². The van der Waals surface area contributed by atoms with Gasteiger partial charge in [-0.15, -0.1) is 34.5 Å².